The van der Waals surface area contributed by atoms with Crippen molar-refractivity contribution < 1.29 is 50.0 Å². The van der Waals surface area contributed by atoms with Gasteiger partial charge in [-0.15, -0.1) is 0 Å². The van der Waals surface area contributed by atoms with Crippen molar-refractivity contribution in [2.24, 2.45) is 7.05 Å². The summed E-state index contributed by atoms with van der Waals surface area (Å²) in [7, 11) is 3.73. The third kappa shape index (κ3) is 6.89. The molecule has 3 aromatic carbocycles. The fourth-order valence-electron chi connectivity index (χ4n) is 5.23. The lowest BCUT2D eigenvalue weighted by Crippen LogP contribution is -2.37. The summed E-state index contributed by atoms with van der Waals surface area (Å²) in [5, 5.41) is 13.6. The largest absolute Gasteiger partial charge is 0.612 e. The topological polar surface area (TPSA) is 117 Å². The van der Waals surface area contributed by atoms with E-state index in [9.17, 15) is 27.6 Å². The lowest BCUT2D eigenvalue weighted by atomic mass is 9.93. The number of carbonyl (C=O) groups excluding carboxylic acids is 1. The first-order chi connectivity index (χ1) is 23.0. The Balaban J connectivity index is 1.77. The van der Waals surface area contributed by atoms with E-state index in [1.165, 1.54) is 64.7 Å². The number of aryl methyl sites for hydroxylation is 2. The Morgan fingerprint density at radius 3 is 2.33 bits per heavy atom. The van der Waals surface area contributed by atoms with Gasteiger partial charge in [-0.05, 0) is 58.7 Å². The van der Waals surface area contributed by atoms with Gasteiger partial charge in [0.25, 0.3) is 5.91 Å². The SMILES string of the molecule is Cc1nc(-c2ccc(OC(F)F)c(F)c2)c(-c2cc(-c3cc(F)c(CO)c([S+](C)[O-])c3)ccc2-c2cc(C(F)(F)C(=O)N(C)C)nn2C)o1. The predicted molar refractivity (Wildman–Crippen MR) is 167 cm³/mol. The van der Waals surface area contributed by atoms with Gasteiger partial charge in [0.15, 0.2) is 28.1 Å². The number of alkyl halides is 4. The van der Waals surface area contributed by atoms with Crippen LogP contribution >= 0.6 is 0 Å². The number of aliphatic hydroxyl groups is 1. The highest BCUT2D eigenvalue weighted by atomic mass is 32.2. The summed E-state index contributed by atoms with van der Waals surface area (Å²) in [5.74, 6) is -8.08. The fourth-order valence-corrected chi connectivity index (χ4v) is 6.03. The van der Waals surface area contributed by atoms with E-state index in [1.54, 1.807) is 0 Å². The maximum absolute atomic E-state index is 15.2. The summed E-state index contributed by atoms with van der Waals surface area (Å²) >= 11 is -1.69. The van der Waals surface area contributed by atoms with Crippen LogP contribution in [0.2, 0.25) is 0 Å². The number of carbonyl (C=O) groups is 1. The molecule has 2 heterocycles. The van der Waals surface area contributed by atoms with Gasteiger partial charge in [-0.2, -0.15) is 22.7 Å². The predicted octanol–water partition coefficient (Wildman–Crippen LogP) is 6.67. The molecule has 5 rings (SSSR count). The molecule has 0 saturated heterocycles. The smallest absolute Gasteiger partial charge is 0.387 e. The first-order valence-corrected chi connectivity index (χ1v) is 15.9. The van der Waals surface area contributed by atoms with Gasteiger partial charge in [0.2, 0.25) is 0 Å². The first-order valence-electron chi connectivity index (χ1n) is 14.3. The standard InChI is InChI=1S/C33H28F6N4O5S/c1-16-40-29(18-7-9-26(24(35)11-18)48-32(36)37)30(47-16)21-10-17(19-12-23(34)22(15-44)27(13-19)49(5)46)6-8-20(21)25-14-28(41-43(25)4)33(38,39)31(45)42(2)3/h6-14,32,44H,15H2,1-5H3. The quantitative estimate of drug-likeness (QED) is 0.127. The van der Waals surface area contributed by atoms with Crippen LogP contribution in [0.15, 0.2) is 63.9 Å². The van der Waals surface area contributed by atoms with Crippen LogP contribution in [0.5, 0.6) is 5.75 Å². The van der Waals surface area contributed by atoms with E-state index < -0.39 is 59.3 Å². The molecule has 0 aliphatic rings. The van der Waals surface area contributed by atoms with E-state index in [0.717, 1.165) is 33.8 Å². The summed E-state index contributed by atoms with van der Waals surface area (Å²) in [6, 6.07) is 11.3. The number of halogens is 6. The zero-order valence-electron chi connectivity index (χ0n) is 26.5. The second-order valence-corrected chi connectivity index (χ2v) is 12.4. The molecule has 0 aliphatic carbocycles. The number of aromatic nitrogens is 3. The molecule has 49 heavy (non-hydrogen) atoms. The second kappa shape index (κ2) is 13.6. The van der Waals surface area contributed by atoms with E-state index in [-0.39, 0.29) is 55.8 Å². The highest BCUT2D eigenvalue weighted by molar-refractivity contribution is 7.90. The van der Waals surface area contributed by atoms with Gasteiger partial charge < -0.3 is 23.7 Å². The number of ether oxygens (including phenoxy) is 1. The summed E-state index contributed by atoms with van der Waals surface area (Å²) in [6.07, 6.45) is 1.32. The molecule has 1 unspecified atom stereocenters. The van der Waals surface area contributed by atoms with Crippen LogP contribution < -0.4 is 4.74 Å². The maximum Gasteiger partial charge on any atom is 0.387 e. The highest BCUT2D eigenvalue weighted by Gasteiger charge is 2.45. The van der Waals surface area contributed by atoms with Gasteiger partial charge in [-0.25, -0.2) is 13.8 Å². The molecule has 5 aromatic rings. The number of amides is 1. The Bertz CT molecular complexity index is 2050. The van der Waals surface area contributed by atoms with Crippen molar-refractivity contribution in [1.29, 1.82) is 0 Å². The average molecular weight is 707 g/mol. The molecule has 0 bridgehead atoms. The van der Waals surface area contributed by atoms with E-state index in [2.05, 4.69) is 14.8 Å². The van der Waals surface area contributed by atoms with Crippen molar-refractivity contribution in [2.45, 2.75) is 31.0 Å². The van der Waals surface area contributed by atoms with Gasteiger partial charge in [-0.3, -0.25) is 9.48 Å². The molecule has 1 N–H and O–H groups in total. The lowest BCUT2D eigenvalue weighted by molar-refractivity contribution is -0.156. The first kappa shape index (κ1) is 35.5. The van der Waals surface area contributed by atoms with Crippen molar-refractivity contribution in [2.75, 3.05) is 20.4 Å². The number of rotatable bonds is 10. The molecule has 0 spiro atoms. The van der Waals surface area contributed by atoms with Gasteiger partial charge in [-0.1, -0.05) is 12.1 Å². The Kier molecular flexibility index (Phi) is 9.86. The van der Waals surface area contributed by atoms with Gasteiger partial charge in [0.1, 0.15) is 23.5 Å². The number of aliphatic hydroxyl groups excluding tert-OH is 1. The normalized spacial score (nSPS) is 12.4. The molecular weight excluding hydrogens is 678 g/mol. The maximum atomic E-state index is 15.2. The van der Waals surface area contributed by atoms with Crippen molar-refractivity contribution >= 4 is 17.1 Å². The molecule has 0 saturated carbocycles. The molecule has 0 radical (unpaired) electrons. The fraction of sp³-hybridized carbons (Fsp3) is 0.242. The van der Waals surface area contributed by atoms with Crippen molar-refractivity contribution in [3.8, 4) is 50.7 Å². The van der Waals surface area contributed by atoms with Crippen LogP contribution in [0, 0.1) is 18.6 Å². The Labute approximate surface area is 278 Å². The summed E-state index contributed by atoms with van der Waals surface area (Å²) in [5.41, 5.74) is 0.170. The molecule has 2 aromatic heterocycles. The minimum Gasteiger partial charge on any atom is -0.612 e. The van der Waals surface area contributed by atoms with Gasteiger partial charge in [0, 0.05) is 50.8 Å². The van der Waals surface area contributed by atoms with Crippen LogP contribution in [-0.2, 0) is 35.5 Å². The van der Waals surface area contributed by atoms with Crippen LogP contribution in [0.1, 0.15) is 17.1 Å². The van der Waals surface area contributed by atoms with E-state index in [4.69, 9.17) is 4.42 Å². The molecule has 16 heteroatoms. The summed E-state index contributed by atoms with van der Waals surface area (Å²) in [4.78, 5) is 17.5. The molecule has 9 nitrogen and oxygen atoms in total. The van der Waals surface area contributed by atoms with Gasteiger partial charge in [0.05, 0.1) is 17.9 Å². The second-order valence-electron chi connectivity index (χ2n) is 11.1. The van der Waals surface area contributed by atoms with E-state index in [0.29, 0.717) is 5.56 Å². The number of hydrogen-bond acceptors (Lipinski definition) is 7. The molecule has 1 amide bonds. The molecule has 0 fully saturated rings. The Morgan fingerprint density at radius 2 is 1.71 bits per heavy atom. The highest BCUT2D eigenvalue weighted by Crippen LogP contribution is 2.43. The third-order valence-electron chi connectivity index (χ3n) is 7.53. The number of hydrogen-bond donors (Lipinski definition) is 1. The zero-order valence-corrected chi connectivity index (χ0v) is 27.3. The lowest BCUT2D eigenvalue weighted by Gasteiger charge is -2.17. The number of nitrogens with zero attached hydrogens (tertiary/aromatic N) is 4. The molecular formula is C33H28F6N4O5S. The third-order valence-corrected chi connectivity index (χ3v) is 8.51. The molecule has 0 aliphatic heterocycles. The summed E-state index contributed by atoms with van der Waals surface area (Å²) in [6.45, 7) is -2.49. The van der Waals surface area contributed by atoms with Crippen LogP contribution in [0.3, 0.4) is 0 Å². The molecule has 258 valence electrons. The Hall–Kier alpha value is -4.80. The minimum absolute atomic E-state index is 0.0121. The van der Waals surface area contributed by atoms with Crippen molar-refractivity contribution in [1.82, 2.24) is 19.7 Å². The summed E-state index contributed by atoms with van der Waals surface area (Å²) < 4.78 is 110. The monoisotopic (exact) mass is 706 g/mol. The van der Waals surface area contributed by atoms with Crippen LogP contribution in [0.4, 0.5) is 26.3 Å². The Morgan fingerprint density at radius 1 is 1.04 bits per heavy atom. The van der Waals surface area contributed by atoms with Gasteiger partial charge >= 0.3 is 12.5 Å². The zero-order chi connectivity index (χ0) is 35.9. The number of benzene rings is 3. The number of likely N-dealkylation sites (N-methyl/N-ethyl adjacent to an activating group) is 1. The van der Waals surface area contributed by atoms with Crippen LogP contribution in [-0.4, -0.2) is 62.2 Å². The van der Waals surface area contributed by atoms with Crippen molar-refractivity contribution in [3.63, 3.8) is 0 Å². The van der Waals surface area contributed by atoms with E-state index >= 15 is 13.2 Å². The van der Waals surface area contributed by atoms with Crippen LogP contribution in [0.25, 0.3) is 45.0 Å². The molecule has 1 atom stereocenters. The van der Waals surface area contributed by atoms with Crippen molar-refractivity contribution in [3.05, 3.63) is 83.4 Å². The number of oxazole rings is 1. The minimum atomic E-state index is -3.99. The van der Waals surface area contributed by atoms with E-state index in [1.807, 2.05) is 0 Å². The average Bonchev–Trinajstić information content (AvgIpc) is 3.63.